The molecule has 0 spiro atoms. The highest BCUT2D eigenvalue weighted by atomic mass is 35.5. The van der Waals surface area contributed by atoms with Gasteiger partial charge in [-0.1, -0.05) is 53.5 Å². The molecular weight excluding hydrogens is 737 g/mol. The third-order valence-electron chi connectivity index (χ3n) is 9.47. The number of halogens is 2. The Morgan fingerprint density at radius 3 is 2.40 bits per heavy atom. The number of ether oxygens (including phenoxy) is 3. The first-order valence-corrected chi connectivity index (χ1v) is 18.8. The van der Waals surface area contributed by atoms with Crippen LogP contribution in [-0.4, -0.2) is 51.8 Å². The predicted octanol–water partition coefficient (Wildman–Crippen LogP) is 8.20. The highest BCUT2D eigenvalue weighted by Gasteiger charge is 2.17. The maximum absolute atomic E-state index is 9.31. The van der Waals surface area contributed by atoms with Gasteiger partial charge in [0.1, 0.15) is 36.5 Å². The van der Waals surface area contributed by atoms with E-state index in [1.165, 1.54) is 6.20 Å². The van der Waals surface area contributed by atoms with Gasteiger partial charge in [-0.15, -0.1) is 0 Å². The summed E-state index contributed by atoms with van der Waals surface area (Å²) in [5.41, 5.74) is 9.04. The van der Waals surface area contributed by atoms with Crippen molar-refractivity contribution in [1.29, 1.82) is 5.26 Å². The topological polar surface area (TPSA) is 135 Å². The van der Waals surface area contributed by atoms with Crippen molar-refractivity contribution >= 4 is 34.1 Å². The van der Waals surface area contributed by atoms with Crippen molar-refractivity contribution in [1.82, 2.24) is 20.1 Å². The van der Waals surface area contributed by atoms with Crippen molar-refractivity contribution in [3.63, 3.8) is 0 Å². The number of nitriles is 1. The van der Waals surface area contributed by atoms with Crippen LogP contribution in [0.5, 0.6) is 17.2 Å². The van der Waals surface area contributed by atoms with Gasteiger partial charge in [-0.2, -0.15) is 10.4 Å². The highest BCUT2D eigenvalue weighted by Crippen LogP contribution is 2.37. The molecule has 0 aliphatic heterocycles. The Morgan fingerprint density at radius 1 is 0.800 bits per heavy atom. The molecule has 10 nitrogen and oxygen atoms in total. The minimum absolute atomic E-state index is 0.00720. The number of rotatable bonds is 18. The van der Waals surface area contributed by atoms with Crippen molar-refractivity contribution in [3.05, 3.63) is 134 Å². The molecule has 0 unspecified atom stereocenters. The standard InChI is InChI=1S/C43H43Cl2N5O5/c1-28-32(27-55-43-19-41(53-2)31(16-39(43)45)7-3-4-13-51)8-5-9-35(28)36-10-6-11-40-37(36)24-49-50(40)25-34-18-42(33(17-38(34)44)23-47-12-14-52)54-26-30-15-29(20-46)21-48-22-30/h5-6,8-11,15-19,21-22,24,47,51-52H,3-4,7,12-14,23,25-27H2,1-2H3. The van der Waals surface area contributed by atoms with E-state index < -0.39 is 0 Å². The highest BCUT2D eigenvalue weighted by molar-refractivity contribution is 6.32. The smallest absolute Gasteiger partial charge is 0.142 e. The average Bonchev–Trinajstić information content (AvgIpc) is 3.61. The van der Waals surface area contributed by atoms with Crippen LogP contribution >= 0.6 is 23.2 Å². The van der Waals surface area contributed by atoms with Gasteiger partial charge in [0.2, 0.25) is 0 Å². The molecule has 3 N–H and O–H groups in total. The van der Waals surface area contributed by atoms with Crippen LogP contribution in [0.3, 0.4) is 0 Å². The molecule has 0 radical (unpaired) electrons. The van der Waals surface area contributed by atoms with Gasteiger partial charge in [0, 0.05) is 59.7 Å². The summed E-state index contributed by atoms with van der Waals surface area (Å²) >= 11 is 13.5. The van der Waals surface area contributed by atoms with E-state index in [0.717, 1.165) is 68.3 Å². The number of nitrogens with one attached hydrogen (secondary N) is 1. The van der Waals surface area contributed by atoms with Crippen LogP contribution in [0.15, 0.2) is 85.3 Å². The number of benzene rings is 4. The number of aliphatic hydroxyl groups excluding tert-OH is 2. The zero-order chi connectivity index (χ0) is 38.7. The molecule has 0 amide bonds. The molecule has 2 aromatic heterocycles. The van der Waals surface area contributed by atoms with E-state index in [2.05, 4.69) is 41.5 Å². The number of hydrogen-bond acceptors (Lipinski definition) is 9. The zero-order valence-corrected chi connectivity index (χ0v) is 32.3. The molecule has 0 bridgehead atoms. The molecular formula is C43H43Cl2N5O5. The van der Waals surface area contributed by atoms with E-state index in [0.29, 0.717) is 65.5 Å². The molecule has 0 atom stereocenters. The number of methoxy groups -OCH3 is 1. The van der Waals surface area contributed by atoms with E-state index in [-0.39, 0.29) is 19.8 Å². The number of fused-ring (bicyclic) bond motifs is 1. The van der Waals surface area contributed by atoms with Crippen LogP contribution in [0.1, 0.15) is 51.8 Å². The van der Waals surface area contributed by atoms with Crippen LogP contribution in [-0.2, 0) is 32.7 Å². The summed E-state index contributed by atoms with van der Waals surface area (Å²) in [5.74, 6) is 1.89. The minimum Gasteiger partial charge on any atom is -0.496 e. The second-order valence-electron chi connectivity index (χ2n) is 13.1. The summed E-state index contributed by atoms with van der Waals surface area (Å²) in [6.45, 7) is 4.06. The molecule has 12 heteroatoms. The fourth-order valence-corrected chi connectivity index (χ4v) is 7.02. The second kappa shape index (κ2) is 18.9. The third kappa shape index (κ3) is 9.57. The molecule has 2 heterocycles. The lowest BCUT2D eigenvalue weighted by atomic mass is 9.94. The normalized spacial score (nSPS) is 11.1. The van der Waals surface area contributed by atoms with Gasteiger partial charge in [-0.05, 0) is 89.9 Å². The zero-order valence-electron chi connectivity index (χ0n) is 30.8. The average molecular weight is 781 g/mol. The number of hydrogen-bond donors (Lipinski definition) is 3. The molecule has 6 rings (SSSR count). The lowest BCUT2D eigenvalue weighted by molar-refractivity contribution is 0.284. The van der Waals surface area contributed by atoms with Crippen LogP contribution in [0.2, 0.25) is 10.0 Å². The van der Waals surface area contributed by atoms with Gasteiger partial charge in [-0.3, -0.25) is 9.67 Å². The molecule has 6 aromatic rings. The van der Waals surface area contributed by atoms with Crippen molar-refractivity contribution < 1.29 is 24.4 Å². The predicted molar refractivity (Wildman–Crippen MR) is 215 cm³/mol. The summed E-state index contributed by atoms with van der Waals surface area (Å²) < 4.78 is 20.1. The van der Waals surface area contributed by atoms with Crippen molar-refractivity contribution in [2.75, 3.05) is 26.9 Å². The number of aliphatic hydroxyl groups is 2. The lowest BCUT2D eigenvalue weighted by Crippen LogP contribution is -2.18. The maximum Gasteiger partial charge on any atom is 0.142 e. The molecule has 0 aliphatic rings. The fourth-order valence-electron chi connectivity index (χ4n) is 6.53. The summed E-state index contributed by atoms with van der Waals surface area (Å²) in [6, 6.07) is 23.8. The van der Waals surface area contributed by atoms with Gasteiger partial charge < -0.3 is 29.7 Å². The van der Waals surface area contributed by atoms with E-state index >= 15 is 0 Å². The first-order valence-electron chi connectivity index (χ1n) is 18.1. The van der Waals surface area contributed by atoms with Gasteiger partial charge in [0.05, 0.1) is 42.6 Å². The number of unbranched alkanes of at least 4 members (excludes halogenated alkanes) is 1. The second-order valence-corrected chi connectivity index (χ2v) is 13.9. The van der Waals surface area contributed by atoms with Crippen LogP contribution < -0.4 is 19.5 Å². The van der Waals surface area contributed by atoms with E-state index in [1.807, 2.05) is 53.3 Å². The Morgan fingerprint density at radius 2 is 1.60 bits per heavy atom. The van der Waals surface area contributed by atoms with Crippen LogP contribution in [0.4, 0.5) is 0 Å². The van der Waals surface area contributed by atoms with Gasteiger partial charge in [-0.25, -0.2) is 0 Å². The Balaban J connectivity index is 1.24. The summed E-state index contributed by atoms with van der Waals surface area (Å²) in [4.78, 5) is 4.15. The number of nitrogens with zero attached hydrogens (tertiary/aromatic N) is 4. The molecule has 284 valence electrons. The third-order valence-corrected chi connectivity index (χ3v) is 10.1. The van der Waals surface area contributed by atoms with E-state index in [4.69, 9.17) is 42.5 Å². The van der Waals surface area contributed by atoms with E-state index in [9.17, 15) is 15.5 Å². The fraction of sp³-hybridized carbons (Fsp3) is 0.279. The number of pyridine rings is 1. The first-order chi connectivity index (χ1) is 26.8. The largest absolute Gasteiger partial charge is 0.496 e. The van der Waals surface area contributed by atoms with Gasteiger partial charge >= 0.3 is 0 Å². The van der Waals surface area contributed by atoms with Crippen molar-refractivity contribution in [2.45, 2.75) is 52.5 Å². The summed E-state index contributed by atoms with van der Waals surface area (Å²) in [6.07, 6.45) is 7.38. The Hall–Kier alpha value is -5.15. The van der Waals surface area contributed by atoms with Gasteiger partial charge in [0.25, 0.3) is 0 Å². The van der Waals surface area contributed by atoms with Crippen molar-refractivity contribution in [3.8, 4) is 34.4 Å². The molecule has 0 saturated carbocycles. The maximum atomic E-state index is 9.31. The van der Waals surface area contributed by atoms with Crippen molar-refractivity contribution in [2.24, 2.45) is 0 Å². The van der Waals surface area contributed by atoms with Gasteiger partial charge in [0.15, 0.2) is 0 Å². The Kier molecular flexibility index (Phi) is 13.6. The number of aromatic nitrogens is 3. The monoisotopic (exact) mass is 779 g/mol. The first kappa shape index (κ1) is 39.5. The molecule has 0 saturated heterocycles. The molecule has 55 heavy (non-hydrogen) atoms. The molecule has 0 fully saturated rings. The Bertz CT molecular complexity index is 2300. The summed E-state index contributed by atoms with van der Waals surface area (Å²) in [5, 5.41) is 37.9. The molecule has 4 aromatic carbocycles. The van der Waals surface area contributed by atoms with Crippen LogP contribution in [0.25, 0.3) is 22.0 Å². The van der Waals surface area contributed by atoms with Crippen LogP contribution in [0, 0.1) is 18.3 Å². The quantitative estimate of drug-likeness (QED) is 0.0738. The summed E-state index contributed by atoms with van der Waals surface area (Å²) in [7, 11) is 1.63. The minimum atomic E-state index is 0.00720. The Labute approximate surface area is 330 Å². The molecule has 0 aliphatic carbocycles. The number of aryl methyl sites for hydroxylation is 1. The van der Waals surface area contributed by atoms with E-state index in [1.54, 1.807) is 19.4 Å². The lowest BCUT2D eigenvalue weighted by Gasteiger charge is -2.17. The SMILES string of the molecule is COc1cc(OCc2cccc(-c3cccc4c3cnn4Cc3cc(OCc4cncc(C#N)c4)c(CNCCO)cc3Cl)c2C)c(Cl)cc1CCCCO.